The number of aryl methyl sites for hydroxylation is 1. The number of nitrogens with zero attached hydrogens (tertiary/aromatic N) is 6. The van der Waals surface area contributed by atoms with Crippen molar-refractivity contribution in [3.8, 4) is 0 Å². The Kier molecular flexibility index (Phi) is 14.5. The molecule has 416 valence electrons. The number of aliphatic hydroxyl groups excluding tert-OH is 1. The predicted octanol–water partition coefficient (Wildman–Crippen LogP) is 4.87. The molecule has 5 aromatic rings. The number of nitrogens with two attached hydrogens (primary N) is 1. The van der Waals surface area contributed by atoms with Crippen LogP contribution < -0.4 is 46.9 Å². The standard InChI is InChI=1S/C58H75N10O9P/c1-8-67-42-30-41-39(29-38(42)33(2)31-57(67,3)4)45(40-28-34-18-15-26-66-27-16-21-37(48(34)66)46(40)58(41,5)6)35-19-11-12-20-36(35)53(72)65(7)25-17-22-44(69)60-23-13-9-10-14-24-61-56-62-47-51(63-55(59)64-52(47)71)68(56)54-49(70)50-43(76-54)32-75-78(73,74)77-50/h11-12,19-20,28-30,33,43,49-50,54,70H,8-10,13-18,21-27,31-32H2,1-7H3,(H5,59,60,64,69,71,72,73,74)/t33?,43-,49-,50-,54-/m1/s1. The smallest absolute Gasteiger partial charge is 0.280 e. The quantitative estimate of drug-likeness (QED) is 0.0503. The van der Waals surface area contributed by atoms with Crippen LogP contribution in [0.4, 0.5) is 17.6 Å². The molecule has 2 fully saturated rings. The van der Waals surface area contributed by atoms with E-state index < -0.39 is 37.9 Å². The highest BCUT2D eigenvalue weighted by Crippen LogP contribution is 2.52. The predicted molar refractivity (Wildman–Crippen MR) is 297 cm³/mol. The van der Waals surface area contributed by atoms with E-state index in [4.69, 9.17) is 19.5 Å². The summed E-state index contributed by atoms with van der Waals surface area (Å²) < 4.78 is 31.8. The highest BCUT2D eigenvalue weighted by Gasteiger charge is 2.51. The molecule has 19 nitrogen and oxygen atoms in total. The zero-order chi connectivity index (χ0) is 55.0. The lowest BCUT2D eigenvalue weighted by Gasteiger charge is -2.48. The Labute approximate surface area is 454 Å². The number of phosphoric acid groups is 1. The third-order valence-corrected chi connectivity index (χ3v) is 18.3. The van der Waals surface area contributed by atoms with Crippen LogP contribution in [0, 0.1) is 0 Å². The van der Waals surface area contributed by atoms with Crippen molar-refractivity contribution in [1.29, 1.82) is 0 Å². The van der Waals surface area contributed by atoms with Gasteiger partial charge in [0.1, 0.15) is 31.4 Å². The number of amides is 2. The fourth-order valence-corrected chi connectivity index (χ4v) is 14.8. The van der Waals surface area contributed by atoms with Gasteiger partial charge in [0, 0.05) is 85.8 Å². The number of carbonyl (C=O) groups excluding carboxylic acids is 2. The molecule has 2 unspecified atom stereocenters. The fraction of sp³-hybridized carbons (Fsp3) is 0.552. The van der Waals surface area contributed by atoms with Crippen LogP contribution in [0.1, 0.15) is 161 Å². The van der Waals surface area contributed by atoms with Crippen molar-refractivity contribution in [2.75, 3.05) is 68.9 Å². The zero-order valence-corrected chi connectivity index (χ0v) is 47.0. The Bertz CT molecular complexity index is 3460. The number of ether oxygens (including phenoxy) is 1. The Morgan fingerprint density at radius 1 is 1.03 bits per heavy atom. The molecule has 78 heavy (non-hydrogen) atoms. The summed E-state index contributed by atoms with van der Waals surface area (Å²) in [5.74, 6) is 0.248. The van der Waals surface area contributed by atoms with Crippen molar-refractivity contribution in [3.05, 3.63) is 108 Å². The van der Waals surface area contributed by atoms with Crippen LogP contribution >= 0.6 is 7.82 Å². The Balaban J connectivity index is 0.736. The second-order valence-electron chi connectivity index (χ2n) is 23.5. The van der Waals surface area contributed by atoms with Crippen molar-refractivity contribution < 1.29 is 37.9 Å². The van der Waals surface area contributed by atoms with Crippen LogP contribution in [0.3, 0.4) is 0 Å². The molecule has 6 aliphatic rings. The van der Waals surface area contributed by atoms with Gasteiger partial charge < -0.3 is 50.0 Å². The van der Waals surface area contributed by atoms with E-state index in [0.29, 0.717) is 44.0 Å². The second kappa shape index (κ2) is 20.9. The van der Waals surface area contributed by atoms with Crippen molar-refractivity contribution in [1.82, 2.24) is 34.3 Å². The topological polar surface area (TPSA) is 245 Å². The van der Waals surface area contributed by atoms with Gasteiger partial charge in [-0.05, 0) is 128 Å². The van der Waals surface area contributed by atoms with Crippen LogP contribution in [0.15, 0.2) is 47.3 Å². The van der Waals surface area contributed by atoms with E-state index in [1.54, 1.807) is 4.90 Å². The lowest BCUT2D eigenvalue weighted by Crippen LogP contribution is -2.50. The molecular weight excluding hydrogens is 1010 g/mol. The number of rotatable bonds is 16. The monoisotopic (exact) mass is 1090 g/mol. The molecule has 0 spiro atoms. The van der Waals surface area contributed by atoms with E-state index in [-0.39, 0.29) is 58.9 Å². The number of carbonyl (C=O) groups is 2. The van der Waals surface area contributed by atoms with Gasteiger partial charge in [-0.1, -0.05) is 51.8 Å². The lowest BCUT2D eigenvalue weighted by molar-refractivity contribution is -0.245. The molecule has 3 aromatic carbocycles. The molecule has 11 rings (SSSR count). The maximum absolute atomic E-state index is 14.8. The number of imidazole rings is 1. The molecule has 20 heteroatoms. The second-order valence-corrected chi connectivity index (χ2v) is 24.8. The number of phosphoric ester groups is 1. The van der Waals surface area contributed by atoms with Gasteiger partial charge in [0.05, 0.1) is 6.61 Å². The largest absolute Gasteiger partial charge is 0.756 e. The third-order valence-electron chi connectivity index (χ3n) is 17.4. The fourth-order valence-electron chi connectivity index (χ4n) is 13.9. The summed E-state index contributed by atoms with van der Waals surface area (Å²) in [6.07, 6.45) is 4.55. The minimum absolute atomic E-state index is 0.0230. The number of aromatic amines is 1. The normalized spacial score (nSPS) is 24.5. The van der Waals surface area contributed by atoms with E-state index in [1.807, 2.05) is 19.2 Å². The van der Waals surface area contributed by atoms with Crippen LogP contribution in [0.25, 0.3) is 16.7 Å². The summed E-state index contributed by atoms with van der Waals surface area (Å²) in [6.45, 7) is 18.4. The lowest BCUT2D eigenvalue weighted by atomic mass is 9.64. The highest BCUT2D eigenvalue weighted by atomic mass is 31.2. The van der Waals surface area contributed by atoms with Gasteiger partial charge >= 0.3 is 0 Å². The van der Waals surface area contributed by atoms with E-state index >= 15 is 0 Å². The molecular formula is C58H75N10O9P. The van der Waals surface area contributed by atoms with Gasteiger partial charge in [-0.2, -0.15) is 4.98 Å². The van der Waals surface area contributed by atoms with Gasteiger partial charge in [0.15, 0.2) is 17.4 Å². The molecule has 0 bridgehead atoms. The van der Waals surface area contributed by atoms with Crippen molar-refractivity contribution in [2.45, 2.75) is 154 Å². The van der Waals surface area contributed by atoms with Crippen LogP contribution in [0.5, 0.6) is 0 Å². The average molecular weight is 1090 g/mol. The number of fused-ring (bicyclic) bond motifs is 6. The highest BCUT2D eigenvalue weighted by molar-refractivity contribution is 7.45. The Morgan fingerprint density at radius 3 is 2.56 bits per heavy atom. The molecule has 1 aliphatic carbocycles. The molecule has 2 aromatic heterocycles. The number of nitrogens with one attached hydrogen (secondary N) is 3. The maximum atomic E-state index is 14.8. The molecule has 6 N–H and O–H groups in total. The van der Waals surface area contributed by atoms with Gasteiger partial charge in [-0.25, -0.2) is 9.56 Å². The average Bonchev–Trinajstić information content (AvgIpc) is 3.69. The summed E-state index contributed by atoms with van der Waals surface area (Å²) in [5.41, 5.74) is 17.4. The molecule has 2 saturated heterocycles. The van der Waals surface area contributed by atoms with E-state index in [9.17, 15) is 28.9 Å². The summed E-state index contributed by atoms with van der Waals surface area (Å²) in [5, 5.41) is 20.1. The van der Waals surface area contributed by atoms with E-state index in [1.165, 1.54) is 54.2 Å². The molecule has 0 saturated carbocycles. The molecule has 7 heterocycles. The van der Waals surface area contributed by atoms with Crippen LogP contribution in [-0.2, 0) is 41.4 Å². The number of anilines is 3. The Hall–Kier alpha value is -5.95. The molecule has 0 radical (unpaired) electrons. The third kappa shape index (κ3) is 9.65. The van der Waals surface area contributed by atoms with Gasteiger partial charge in [-0.3, -0.25) is 28.5 Å². The first-order chi connectivity index (χ1) is 37.3. The minimum atomic E-state index is -4.63. The summed E-state index contributed by atoms with van der Waals surface area (Å²) >= 11 is 0. The van der Waals surface area contributed by atoms with Gasteiger partial charge in [0.25, 0.3) is 19.3 Å². The van der Waals surface area contributed by atoms with E-state index in [2.05, 4.69) is 107 Å². The van der Waals surface area contributed by atoms with Gasteiger partial charge in [0.2, 0.25) is 23.2 Å². The summed E-state index contributed by atoms with van der Waals surface area (Å²) in [4.78, 5) is 68.2. The molecule has 5 aliphatic heterocycles. The number of benzene rings is 3. The Morgan fingerprint density at radius 2 is 1.78 bits per heavy atom. The zero-order valence-electron chi connectivity index (χ0n) is 46.1. The number of hydrogen-bond acceptors (Lipinski definition) is 14. The summed E-state index contributed by atoms with van der Waals surface area (Å²) in [6, 6.07) is 15.7. The van der Waals surface area contributed by atoms with Crippen LogP contribution in [0.2, 0.25) is 0 Å². The SMILES string of the molecule is CCN1c2cc3c(cc2C(C)CC1(C)C)C(c1ccccc1C(=O)N(C)CCCC(=O)NCCCCCCNc1nc2c(=O)[nH]c(N)nc2n1[C@@H]1O[C@@H]2COP(=O)([O-])O[C@H]2[C@H]1O)=c1cc2c4c(c1C3(C)C)CCC[N+]=4CCC2. The number of unbranched alkanes of at least 4 members (excludes halogenated alkanes) is 3. The first kappa shape index (κ1) is 54.0. The first-order valence-electron chi connectivity index (χ1n) is 28.2. The number of aliphatic hydroxyl groups is 1. The van der Waals surface area contributed by atoms with Gasteiger partial charge in [-0.15, -0.1) is 0 Å². The first-order valence-corrected chi connectivity index (χ1v) is 29.6. The van der Waals surface area contributed by atoms with Crippen molar-refractivity contribution in [2.24, 2.45) is 0 Å². The van der Waals surface area contributed by atoms with E-state index in [0.717, 1.165) is 82.1 Å². The number of hydrogen-bond donors (Lipinski definition) is 5. The maximum Gasteiger partial charge on any atom is 0.280 e. The molecule has 6 atom stereocenters. The van der Waals surface area contributed by atoms with Crippen LogP contribution in [-0.4, -0.2) is 118 Å². The number of H-pyrrole nitrogens is 1. The van der Waals surface area contributed by atoms with Crippen molar-refractivity contribution in [3.63, 3.8) is 0 Å². The number of nitrogen functional groups attached to an aromatic ring is 1. The summed E-state index contributed by atoms with van der Waals surface area (Å²) in [7, 11) is -2.79. The number of aromatic nitrogens is 4. The molecule has 2 amide bonds. The van der Waals surface area contributed by atoms with Crippen molar-refractivity contribution >= 4 is 54.0 Å². The minimum Gasteiger partial charge on any atom is -0.756 e.